The molecule has 1 aliphatic carbocycles. The number of likely N-dealkylation sites (N-methyl/N-ethyl adjacent to an activating group) is 1. The van der Waals surface area contributed by atoms with Crippen molar-refractivity contribution in [1.29, 1.82) is 0 Å². The number of hydrogen-bond acceptors (Lipinski definition) is 2. The van der Waals surface area contributed by atoms with E-state index in [2.05, 4.69) is 47.5 Å². The molecule has 106 valence electrons. The number of para-hydroxylation sites is 1. The normalized spacial score (nSPS) is 16.5. The number of anilines is 1. The van der Waals surface area contributed by atoms with Gasteiger partial charge in [-0.15, -0.1) is 0 Å². The average molecular weight is 260 g/mol. The van der Waals surface area contributed by atoms with E-state index in [1.54, 1.807) is 0 Å². The van der Waals surface area contributed by atoms with Crippen LogP contribution in [0.25, 0.3) is 0 Å². The number of nitrogens with zero attached hydrogens (tertiary/aromatic N) is 1. The number of benzene rings is 1. The van der Waals surface area contributed by atoms with E-state index in [4.69, 9.17) is 0 Å². The summed E-state index contributed by atoms with van der Waals surface area (Å²) in [5.41, 5.74) is 1.34. The lowest BCUT2D eigenvalue weighted by molar-refractivity contribution is 0.343. The molecule has 1 fully saturated rings. The van der Waals surface area contributed by atoms with Gasteiger partial charge in [-0.25, -0.2) is 0 Å². The Labute approximate surface area is 118 Å². The largest absolute Gasteiger partial charge is 0.371 e. The first kappa shape index (κ1) is 14.4. The third-order valence-corrected chi connectivity index (χ3v) is 4.22. The smallest absolute Gasteiger partial charge is 0.0366 e. The summed E-state index contributed by atoms with van der Waals surface area (Å²) in [4.78, 5) is 2.44. The molecule has 0 saturated heterocycles. The van der Waals surface area contributed by atoms with Gasteiger partial charge in [0.15, 0.2) is 0 Å². The Bertz CT molecular complexity index is 330. The van der Waals surface area contributed by atoms with Crippen LogP contribution in [0.2, 0.25) is 0 Å². The van der Waals surface area contributed by atoms with Gasteiger partial charge in [0.2, 0.25) is 0 Å². The van der Waals surface area contributed by atoms with Gasteiger partial charge in [-0.3, -0.25) is 0 Å². The van der Waals surface area contributed by atoms with E-state index >= 15 is 0 Å². The number of hydrogen-bond donors (Lipinski definition) is 1. The summed E-state index contributed by atoms with van der Waals surface area (Å²) >= 11 is 0. The highest BCUT2D eigenvalue weighted by molar-refractivity contribution is 5.45. The minimum absolute atomic E-state index is 0.931. The van der Waals surface area contributed by atoms with Crippen LogP contribution in [-0.2, 0) is 0 Å². The van der Waals surface area contributed by atoms with Gasteiger partial charge in [0, 0.05) is 25.3 Å². The summed E-state index contributed by atoms with van der Waals surface area (Å²) in [6, 6.07) is 10.7. The molecule has 0 unspecified atom stereocenters. The highest BCUT2D eigenvalue weighted by Gasteiger charge is 2.12. The van der Waals surface area contributed by atoms with E-state index in [1.165, 1.54) is 44.3 Å². The topological polar surface area (TPSA) is 15.3 Å². The fourth-order valence-corrected chi connectivity index (χ4v) is 3.02. The van der Waals surface area contributed by atoms with Gasteiger partial charge in [0.05, 0.1) is 0 Å². The number of nitrogens with one attached hydrogen (secondary N) is 1. The van der Waals surface area contributed by atoms with Crippen LogP contribution < -0.4 is 10.2 Å². The van der Waals surface area contributed by atoms with Crippen LogP contribution in [0.3, 0.4) is 0 Å². The molecule has 1 N–H and O–H groups in total. The van der Waals surface area contributed by atoms with Crippen molar-refractivity contribution in [2.24, 2.45) is 5.92 Å². The van der Waals surface area contributed by atoms with Crippen LogP contribution in [-0.4, -0.2) is 26.2 Å². The lowest BCUT2D eigenvalue weighted by atomic mass is 9.89. The molecule has 2 heteroatoms. The zero-order chi connectivity index (χ0) is 13.3. The molecular weight excluding hydrogens is 232 g/mol. The summed E-state index contributed by atoms with van der Waals surface area (Å²) < 4.78 is 0. The van der Waals surface area contributed by atoms with Crippen molar-refractivity contribution >= 4 is 5.69 Å². The monoisotopic (exact) mass is 260 g/mol. The predicted octanol–water partition coefficient (Wildman–Crippen LogP) is 3.68. The molecule has 1 saturated carbocycles. The van der Waals surface area contributed by atoms with Gasteiger partial charge in [-0.05, 0) is 44.4 Å². The maximum atomic E-state index is 3.65. The minimum Gasteiger partial charge on any atom is -0.371 e. The molecule has 1 aromatic carbocycles. The SMILES string of the molecule is CCN(CCNCC1CCCCC1)c1ccccc1. The first-order chi connectivity index (χ1) is 9.40. The molecule has 0 atom stereocenters. The van der Waals surface area contributed by atoms with Crippen molar-refractivity contribution in [3.05, 3.63) is 30.3 Å². The quantitative estimate of drug-likeness (QED) is 0.752. The zero-order valence-corrected chi connectivity index (χ0v) is 12.3. The molecule has 0 aliphatic heterocycles. The van der Waals surface area contributed by atoms with Gasteiger partial charge in [-0.2, -0.15) is 0 Å². The maximum absolute atomic E-state index is 3.65. The fourth-order valence-electron chi connectivity index (χ4n) is 3.02. The van der Waals surface area contributed by atoms with Crippen molar-refractivity contribution in [3.8, 4) is 0 Å². The van der Waals surface area contributed by atoms with Crippen molar-refractivity contribution in [1.82, 2.24) is 5.32 Å². The molecule has 0 amide bonds. The van der Waals surface area contributed by atoms with Crippen LogP contribution in [0.15, 0.2) is 30.3 Å². The van der Waals surface area contributed by atoms with E-state index in [9.17, 15) is 0 Å². The molecule has 0 heterocycles. The number of rotatable bonds is 7. The fraction of sp³-hybridized carbons (Fsp3) is 0.647. The van der Waals surface area contributed by atoms with Gasteiger partial charge < -0.3 is 10.2 Å². The van der Waals surface area contributed by atoms with E-state index in [0.717, 1.165) is 25.6 Å². The third kappa shape index (κ3) is 4.87. The highest BCUT2D eigenvalue weighted by atomic mass is 15.1. The predicted molar refractivity (Wildman–Crippen MR) is 83.8 cm³/mol. The Balaban J connectivity index is 1.66. The highest BCUT2D eigenvalue weighted by Crippen LogP contribution is 2.22. The van der Waals surface area contributed by atoms with Crippen LogP contribution in [0, 0.1) is 5.92 Å². The van der Waals surface area contributed by atoms with E-state index in [1.807, 2.05) is 0 Å². The molecule has 2 rings (SSSR count). The van der Waals surface area contributed by atoms with E-state index in [-0.39, 0.29) is 0 Å². The molecule has 1 aliphatic rings. The molecule has 2 nitrogen and oxygen atoms in total. The Hall–Kier alpha value is -1.02. The molecule has 0 aromatic heterocycles. The lowest BCUT2D eigenvalue weighted by Crippen LogP contribution is -2.34. The van der Waals surface area contributed by atoms with Crippen LogP contribution in [0.5, 0.6) is 0 Å². The first-order valence-electron chi connectivity index (χ1n) is 7.91. The molecule has 0 bridgehead atoms. The average Bonchev–Trinajstić information content (AvgIpc) is 2.49. The summed E-state index contributed by atoms with van der Waals surface area (Å²) in [5.74, 6) is 0.931. The molecule has 0 spiro atoms. The molecule has 19 heavy (non-hydrogen) atoms. The Kier molecular flexibility index (Phi) is 6.22. The second-order valence-electron chi connectivity index (χ2n) is 5.62. The summed E-state index contributed by atoms with van der Waals surface area (Å²) in [6.45, 7) is 6.72. The zero-order valence-electron chi connectivity index (χ0n) is 12.3. The Morgan fingerprint density at radius 3 is 2.53 bits per heavy atom. The standard InChI is InChI=1S/C17H28N2/c1-2-19(17-11-7-4-8-12-17)14-13-18-15-16-9-5-3-6-10-16/h4,7-8,11-12,16,18H,2-3,5-6,9-10,13-15H2,1H3. The van der Waals surface area contributed by atoms with E-state index < -0.39 is 0 Å². The van der Waals surface area contributed by atoms with Crippen LogP contribution in [0.1, 0.15) is 39.0 Å². The van der Waals surface area contributed by atoms with E-state index in [0.29, 0.717) is 0 Å². The lowest BCUT2D eigenvalue weighted by Gasteiger charge is -2.25. The minimum atomic E-state index is 0.931. The van der Waals surface area contributed by atoms with Gasteiger partial charge in [0.1, 0.15) is 0 Å². The maximum Gasteiger partial charge on any atom is 0.0366 e. The van der Waals surface area contributed by atoms with Crippen molar-refractivity contribution < 1.29 is 0 Å². The summed E-state index contributed by atoms with van der Waals surface area (Å²) in [5, 5.41) is 3.65. The van der Waals surface area contributed by atoms with Crippen LogP contribution in [0.4, 0.5) is 5.69 Å². The molecule has 0 radical (unpaired) electrons. The van der Waals surface area contributed by atoms with Gasteiger partial charge >= 0.3 is 0 Å². The summed E-state index contributed by atoms with van der Waals surface area (Å²) in [7, 11) is 0. The Morgan fingerprint density at radius 1 is 1.11 bits per heavy atom. The third-order valence-electron chi connectivity index (χ3n) is 4.22. The second-order valence-corrected chi connectivity index (χ2v) is 5.62. The summed E-state index contributed by atoms with van der Waals surface area (Å²) in [6.07, 6.45) is 7.20. The van der Waals surface area contributed by atoms with Crippen molar-refractivity contribution in [2.75, 3.05) is 31.1 Å². The van der Waals surface area contributed by atoms with Crippen LogP contribution >= 0.6 is 0 Å². The molecule has 1 aromatic rings. The molecular formula is C17H28N2. The Morgan fingerprint density at radius 2 is 1.84 bits per heavy atom. The second kappa shape index (κ2) is 8.21. The van der Waals surface area contributed by atoms with Gasteiger partial charge in [0.25, 0.3) is 0 Å². The first-order valence-corrected chi connectivity index (χ1v) is 7.91. The van der Waals surface area contributed by atoms with Crippen molar-refractivity contribution in [3.63, 3.8) is 0 Å². The van der Waals surface area contributed by atoms with Crippen molar-refractivity contribution in [2.45, 2.75) is 39.0 Å². The van der Waals surface area contributed by atoms with Gasteiger partial charge in [-0.1, -0.05) is 37.5 Å².